The van der Waals surface area contributed by atoms with Gasteiger partial charge in [0.2, 0.25) is 0 Å². The van der Waals surface area contributed by atoms with Gasteiger partial charge in [0.05, 0.1) is 11.2 Å². The monoisotopic (exact) mass is 788 g/mol. The maximum Gasteiger partial charge on any atom is 0.159 e. The van der Waals surface area contributed by atoms with Gasteiger partial charge >= 0.3 is 0 Å². The molecule has 3 heterocycles. The summed E-state index contributed by atoms with van der Waals surface area (Å²) in [5, 5.41) is 5.00. The number of allylic oxidation sites excluding steroid dienone is 5. The smallest absolute Gasteiger partial charge is 0.159 e. The summed E-state index contributed by atoms with van der Waals surface area (Å²) in [5.41, 5.74) is 15.4. The summed E-state index contributed by atoms with van der Waals surface area (Å²) in [4.78, 5) is 5.05. The largest absolute Gasteiger partial charge is 0.454 e. The minimum absolute atomic E-state index is 0.414. The highest BCUT2D eigenvalue weighted by atomic mass is 32.1. The number of thiophene rings is 1. The number of rotatable bonds is 7. The molecule has 7 aromatic carbocycles. The zero-order valence-corrected chi connectivity index (χ0v) is 33.8. The van der Waals surface area contributed by atoms with Crippen LogP contribution in [0.4, 0.5) is 17.1 Å². The first-order valence-electron chi connectivity index (χ1n) is 20.9. The Bertz CT molecular complexity index is 3320. The third-order valence-electron chi connectivity index (χ3n) is 12.5. The number of aromatic nitrogens is 1. The molecule has 0 fully saturated rings. The lowest BCUT2D eigenvalue weighted by atomic mass is 9.88. The molecule has 0 N–H and O–H groups in total. The number of hydrogen-bond donors (Lipinski definition) is 0. The average Bonchev–Trinajstić information content (AvgIpc) is 3.99. The summed E-state index contributed by atoms with van der Waals surface area (Å²) in [6.07, 6.45) is 12.5. The lowest BCUT2D eigenvalue weighted by molar-refractivity contribution is 0.669. The van der Waals surface area contributed by atoms with Gasteiger partial charge in [-0.1, -0.05) is 140 Å². The van der Waals surface area contributed by atoms with Crippen LogP contribution in [0, 0.1) is 0 Å². The second-order valence-corrected chi connectivity index (χ2v) is 17.0. The van der Waals surface area contributed by atoms with Gasteiger partial charge in [0, 0.05) is 49.4 Å². The minimum atomic E-state index is 0.414. The number of benzene rings is 7. The van der Waals surface area contributed by atoms with Crippen molar-refractivity contribution in [2.75, 3.05) is 4.90 Å². The van der Waals surface area contributed by atoms with Crippen LogP contribution < -0.4 is 4.90 Å². The number of aryl methyl sites for hydroxylation is 1. The van der Waals surface area contributed by atoms with Crippen molar-refractivity contribution >= 4 is 88.7 Å². The van der Waals surface area contributed by atoms with Crippen LogP contribution in [0.5, 0.6) is 0 Å². The van der Waals surface area contributed by atoms with Crippen LogP contribution in [-0.2, 0) is 6.42 Å². The van der Waals surface area contributed by atoms with E-state index in [-0.39, 0.29) is 0 Å². The predicted octanol–water partition coefficient (Wildman–Crippen LogP) is 15.8. The van der Waals surface area contributed by atoms with E-state index in [1.807, 2.05) is 17.4 Å². The zero-order chi connectivity index (χ0) is 39.6. The molecule has 0 saturated carbocycles. The molecule has 2 aliphatic rings. The van der Waals surface area contributed by atoms with Gasteiger partial charge in [-0.3, -0.25) is 0 Å². The molecule has 2 aliphatic carbocycles. The summed E-state index contributed by atoms with van der Waals surface area (Å²) in [7, 11) is 0. The van der Waals surface area contributed by atoms with Gasteiger partial charge in [0.1, 0.15) is 10.4 Å². The van der Waals surface area contributed by atoms with Gasteiger partial charge in [-0.25, -0.2) is 0 Å². The first-order chi connectivity index (χ1) is 29.7. The van der Waals surface area contributed by atoms with Gasteiger partial charge in [-0.2, -0.15) is 0 Å². The van der Waals surface area contributed by atoms with Gasteiger partial charge in [-0.15, -0.1) is 11.3 Å². The van der Waals surface area contributed by atoms with Crippen LogP contribution in [-0.4, -0.2) is 4.57 Å². The Hall–Kier alpha value is -7.14. The average molecular weight is 789 g/mol. The molecule has 3 aromatic heterocycles. The lowest BCUT2D eigenvalue weighted by Gasteiger charge is -2.26. The van der Waals surface area contributed by atoms with Crippen LogP contribution in [0.25, 0.3) is 66.0 Å². The minimum Gasteiger partial charge on any atom is -0.454 e. The van der Waals surface area contributed by atoms with Crippen molar-refractivity contribution in [3.63, 3.8) is 0 Å². The topological polar surface area (TPSA) is 21.3 Å². The highest BCUT2D eigenvalue weighted by molar-refractivity contribution is 7.20. The van der Waals surface area contributed by atoms with Crippen LogP contribution in [0.15, 0.2) is 199 Å². The maximum absolute atomic E-state index is 6.64. The number of nitrogens with zero attached hydrogens (tertiary/aromatic N) is 2. The molecule has 0 amide bonds. The van der Waals surface area contributed by atoms with Crippen molar-refractivity contribution < 1.29 is 4.42 Å². The molecule has 0 radical (unpaired) electrons. The van der Waals surface area contributed by atoms with Gasteiger partial charge < -0.3 is 13.9 Å². The van der Waals surface area contributed by atoms with E-state index in [1.165, 1.54) is 65.1 Å². The Morgan fingerprint density at radius 2 is 1.28 bits per heavy atom. The second kappa shape index (κ2) is 14.3. The van der Waals surface area contributed by atoms with Crippen molar-refractivity contribution in [3.05, 3.63) is 221 Å². The Balaban J connectivity index is 0.912. The first kappa shape index (κ1) is 34.9. The third-order valence-corrected chi connectivity index (χ3v) is 13.7. The van der Waals surface area contributed by atoms with E-state index < -0.39 is 0 Å². The molecule has 0 aliphatic heterocycles. The van der Waals surface area contributed by atoms with Crippen LogP contribution in [0.3, 0.4) is 0 Å². The SMILES string of the molecule is C1=CC(c2ccccc2)CC=C1c1ccc(N(c2ccc(C3=Cc4sc5c(c4CC3)c3ccccc3n5-c3ccccc3)cc2)c2cccc3c2oc2ccccc23)cc1. The van der Waals surface area contributed by atoms with E-state index in [2.05, 4.69) is 204 Å². The molecule has 286 valence electrons. The lowest BCUT2D eigenvalue weighted by Crippen LogP contribution is -2.10. The van der Waals surface area contributed by atoms with Crippen molar-refractivity contribution in [2.45, 2.75) is 25.2 Å². The van der Waals surface area contributed by atoms with E-state index in [9.17, 15) is 0 Å². The second-order valence-electron chi connectivity index (χ2n) is 15.9. The molecule has 1 unspecified atom stereocenters. The molecule has 60 heavy (non-hydrogen) atoms. The fourth-order valence-corrected chi connectivity index (χ4v) is 10.9. The molecule has 0 spiro atoms. The fraction of sp³-hybridized carbons (Fsp3) is 0.0714. The highest BCUT2D eigenvalue weighted by Crippen LogP contribution is 2.47. The van der Waals surface area contributed by atoms with E-state index in [0.717, 1.165) is 58.3 Å². The van der Waals surface area contributed by atoms with Crippen molar-refractivity contribution in [1.82, 2.24) is 4.57 Å². The number of fused-ring (bicyclic) bond motifs is 8. The first-order valence-corrected chi connectivity index (χ1v) is 21.7. The van der Waals surface area contributed by atoms with Gasteiger partial charge in [0.25, 0.3) is 0 Å². The molecular weight excluding hydrogens is 749 g/mol. The van der Waals surface area contributed by atoms with Crippen LogP contribution in [0.2, 0.25) is 0 Å². The van der Waals surface area contributed by atoms with Crippen molar-refractivity contribution in [1.29, 1.82) is 0 Å². The summed E-state index contributed by atoms with van der Waals surface area (Å²) >= 11 is 1.92. The Labute approximate surface area is 353 Å². The summed E-state index contributed by atoms with van der Waals surface area (Å²) in [6, 6.07) is 63.5. The number of para-hydroxylation sites is 4. The highest BCUT2D eigenvalue weighted by Gasteiger charge is 2.25. The standard InChI is InChI=1S/C56H40N2OS/c1-3-12-37(13-4-1)38-22-24-39(25-23-38)40-26-31-44(32-27-40)57(51-20-11-18-47-46-16-8-10-21-52(46)59-55(47)51)45-33-28-41(29-34-45)42-30-35-49-53(36-42)60-56-54(49)48-17-7-9-19-50(48)58(56)43-14-5-2-6-15-43/h1-22,24-29,31-34,36,38H,23,30,35H2. The molecular formula is C56H40N2OS. The maximum atomic E-state index is 6.64. The summed E-state index contributed by atoms with van der Waals surface area (Å²) < 4.78 is 9.09. The fourth-order valence-electron chi connectivity index (χ4n) is 9.55. The van der Waals surface area contributed by atoms with E-state index in [0.29, 0.717) is 5.92 Å². The Morgan fingerprint density at radius 1 is 0.600 bits per heavy atom. The molecule has 0 bridgehead atoms. The quantitative estimate of drug-likeness (QED) is 0.160. The number of hydrogen-bond acceptors (Lipinski definition) is 3. The summed E-state index contributed by atoms with van der Waals surface area (Å²) in [6.45, 7) is 0. The van der Waals surface area contributed by atoms with E-state index in [1.54, 1.807) is 0 Å². The number of furan rings is 1. The normalized spacial score (nSPS) is 15.1. The molecule has 10 aromatic rings. The van der Waals surface area contributed by atoms with Crippen molar-refractivity contribution in [2.24, 2.45) is 0 Å². The Morgan fingerprint density at radius 3 is 2.05 bits per heavy atom. The van der Waals surface area contributed by atoms with Gasteiger partial charge in [0.15, 0.2) is 5.58 Å². The Kier molecular flexibility index (Phi) is 8.31. The molecule has 1 atom stereocenters. The molecule has 12 rings (SSSR count). The van der Waals surface area contributed by atoms with Crippen LogP contribution >= 0.6 is 11.3 Å². The molecule has 0 saturated heterocycles. The van der Waals surface area contributed by atoms with E-state index in [4.69, 9.17) is 4.42 Å². The zero-order valence-electron chi connectivity index (χ0n) is 33.0. The van der Waals surface area contributed by atoms with Gasteiger partial charge in [-0.05, 0) is 113 Å². The van der Waals surface area contributed by atoms with E-state index >= 15 is 0 Å². The summed E-state index contributed by atoms with van der Waals surface area (Å²) in [5.74, 6) is 0.414. The molecule has 4 heteroatoms. The predicted molar refractivity (Wildman–Crippen MR) is 254 cm³/mol. The third kappa shape index (κ3) is 5.78. The molecule has 3 nitrogen and oxygen atoms in total. The van der Waals surface area contributed by atoms with Crippen molar-refractivity contribution in [3.8, 4) is 5.69 Å². The van der Waals surface area contributed by atoms with Crippen LogP contribution in [0.1, 0.15) is 45.9 Å². The number of anilines is 3.